The number of thiophene rings is 1. The Kier molecular flexibility index (Phi) is 4.57. The Bertz CT molecular complexity index is 954. The zero-order chi connectivity index (χ0) is 19.0. The van der Waals surface area contributed by atoms with Crippen LogP contribution in [0.15, 0.2) is 39.7 Å². The Hall–Kier alpha value is -2.87. The van der Waals surface area contributed by atoms with Crippen LogP contribution < -0.4 is 5.32 Å². The van der Waals surface area contributed by atoms with Crippen molar-refractivity contribution in [1.82, 2.24) is 10.1 Å². The molecule has 140 valence electrons. The number of furan rings is 1. The number of nitrogens with one attached hydrogen (secondary N) is 1. The van der Waals surface area contributed by atoms with Crippen LogP contribution in [-0.4, -0.2) is 28.4 Å². The summed E-state index contributed by atoms with van der Waals surface area (Å²) >= 11 is 1.41. The number of rotatable bonds is 4. The fourth-order valence-electron chi connectivity index (χ4n) is 3.35. The summed E-state index contributed by atoms with van der Waals surface area (Å²) in [7, 11) is 0. The van der Waals surface area contributed by atoms with Gasteiger partial charge < -0.3 is 19.2 Å². The Balaban J connectivity index is 1.51. The maximum atomic E-state index is 12.7. The van der Waals surface area contributed by atoms with Gasteiger partial charge in [-0.1, -0.05) is 5.16 Å². The predicted molar refractivity (Wildman–Crippen MR) is 100.0 cm³/mol. The minimum absolute atomic E-state index is 0.0157. The first-order valence-electron chi connectivity index (χ1n) is 8.71. The van der Waals surface area contributed by atoms with Gasteiger partial charge in [-0.3, -0.25) is 9.59 Å². The van der Waals surface area contributed by atoms with Gasteiger partial charge >= 0.3 is 0 Å². The van der Waals surface area contributed by atoms with Gasteiger partial charge in [-0.05, 0) is 44.9 Å². The van der Waals surface area contributed by atoms with E-state index in [2.05, 4.69) is 10.5 Å². The van der Waals surface area contributed by atoms with Gasteiger partial charge in [-0.25, -0.2) is 0 Å². The molecule has 2 amide bonds. The summed E-state index contributed by atoms with van der Waals surface area (Å²) in [6.07, 6.45) is 4.79. The molecule has 27 heavy (non-hydrogen) atoms. The average Bonchev–Trinajstić information content (AvgIpc) is 3.44. The van der Waals surface area contributed by atoms with Crippen molar-refractivity contribution < 1.29 is 18.5 Å². The van der Waals surface area contributed by atoms with Gasteiger partial charge in [0.05, 0.1) is 22.7 Å². The molecule has 7 nitrogen and oxygen atoms in total. The smallest absolute Gasteiger partial charge is 0.265 e. The van der Waals surface area contributed by atoms with E-state index >= 15 is 0 Å². The predicted octanol–water partition coefficient (Wildman–Crippen LogP) is 4.18. The number of aryl methyl sites for hydroxylation is 2. The molecule has 0 radical (unpaired) electrons. The molecular formula is C19H19N3O4S. The highest BCUT2D eigenvalue weighted by Crippen LogP contribution is 2.37. The Labute approximate surface area is 159 Å². The highest BCUT2D eigenvalue weighted by atomic mass is 32.1. The molecule has 0 saturated carbocycles. The molecule has 4 heterocycles. The van der Waals surface area contributed by atoms with Crippen LogP contribution in [0.3, 0.4) is 0 Å². The second kappa shape index (κ2) is 7.03. The van der Waals surface area contributed by atoms with Gasteiger partial charge in [0, 0.05) is 11.4 Å². The topological polar surface area (TPSA) is 88.6 Å². The fourth-order valence-corrected chi connectivity index (χ4v) is 4.40. The van der Waals surface area contributed by atoms with E-state index in [1.54, 1.807) is 26.0 Å². The van der Waals surface area contributed by atoms with Crippen LogP contribution >= 0.6 is 11.3 Å². The first kappa shape index (κ1) is 17.5. The summed E-state index contributed by atoms with van der Waals surface area (Å²) in [6, 6.07) is 5.39. The second-order valence-electron chi connectivity index (χ2n) is 6.52. The normalized spacial score (nSPS) is 16.7. The zero-order valence-corrected chi connectivity index (χ0v) is 15.8. The molecule has 1 saturated heterocycles. The molecule has 0 bridgehead atoms. The summed E-state index contributed by atoms with van der Waals surface area (Å²) in [5, 5.41) is 6.70. The standard InChI is InChI=1S/C19H19N3O4S/c1-11-17(12(2)26-21-11)20-18(23)16-6-5-15(27-16)14-4-3-8-22(14)19(24)13-7-9-25-10-13/h5-7,9-10,14H,3-4,8H2,1-2H3,(H,20,23). The van der Waals surface area contributed by atoms with Crippen LogP contribution in [0.2, 0.25) is 0 Å². The number of carbonyl (C=O) groups is 2. The van der Waals surface area contributed by atoms with Crippen LogP contribution in [-0.2, 0) is 0 Å². The first-order chi connectivity index (χ1) is 13.0. The first-order valence-corrected chi connectivity index (χ1v) is 9.53. The lowest BCUT2D eigenvalue weighted by Crippen LogP contribution is -2.29. The van der Waals surface area contributed by atoms with Crippen molar-refractivity contribution in [3.63, 3.8) is 0 Å². The maximum Gasteiger partial charge on any atom is 0.265 e. The zero-order valence-electron chi connectivity index (χ0n) is 15.0. The van der Waals surface area contributed by atoms with E-state index in [-0.39, 0.29) is 17.9 Å². The molecule has 8 heteroatoms. The SMILES string of the molecule is Cc1noc(C)c1NC(=O)c1ccc(C2CCCN2C(=O)c2ccoc2)s1. The third-order valence-corrected chi connectivity index (χ3v) is 5.92. The maximum absolute atomic E-state index is 12.7. The molecule has 0 aliphatic carbocycles. The summed E-state index contributed by atoms with van der Waals surface area (Å²) in [5.74, 6) is 0.332. The van der Waals surface area contributed by atoms with Gasteiger partial charge in [0.15, 0.2) is 5.76 Å². The Morgan fingerprint density at radius 1 is 1.30 bits per heavy atom. The molecule has 1 atom stereocenters. The summed E-state index contributed by atoms with van der Waals surface area (Å²) in [4.78, 5) is 28.7. The van der Waals surface area contributed by atoms with Crippen LogP contribution in [0.5, 0.6) is 0 Å². The van der Waals surface area contributed by atoms with Crippen LogP contribution in [0.4, 0.5) is 5.69 Å². The van der Waals surface area contributed by atoms with E-state index in [1.807, 2.05) is 11.0 Å². The molecule has 1 unspecified atom stereocenters. The van der Waals surface area contributed by atoms with E-state index in [9.17, 15) is 9.59 Å². The Morgan fingerprint density at radius 2 is 2.15 bits per heavy atom. The number of hydrogen-bond donors (Lipinski definition) is 1. The lowest BCUT2D eigenvalue weighted by molar-refractivity contribution is 0.0737. The minimum atomic E-state index is -0.202. The van der Waals surface area contributed by atoms with Crippen LogP contribution in [0.1, 0.15) is 55.2 Å². The van der Waals surface area contributed by atoms with Crippen molar-refractivity contribution in [2.75, 3.05) is 11.9 Å². The summed E-state index contributed by atoms with van der Waals surface area (Å²) < 4.78 is 10.1. The van der Waals surface area contributed by atoms with Crippen molar-refractivity contribution in [1.29, 1.82) is 0 Å². The van der Waals surface area contributed by atoms with E-state index in [1.165, 1.54) is 23.9 Å². The fraction of sp³-hybridized carbons (Fsp3) is 0.316. The molecule has 1 aliphatic rings. The summed E-state index contributed by atoms with van der Waals surface area (Å²) in [6.45, 7) is 4.24. The third-order valence-electron chi connectivity index (χ3n) is 4.73. The minimum Gasteiger partial charge on any atom is -0.472 e. The summed E-state index contributed by atoms with van der Waals surface area (Å²) in [5.41, 5.74) is 1.80. The largest absolute Gasteiger partial charge is 0.472 e. The number of aromatic nitrogens is 1. The number of amides is 2. The monoisotopic (exact) mass is 385 g/mol. The van der Waals surface area contributed by atoms with E-state index < -0.39 is 0 Å². The molecule has 0 aromatic carbocycles. The van der Waals surface area contributed by atoms with E-state index in [0.717, 1.165) is 17.7 Å². The number of hydrogen-bond acceptors (Lipinski definition) is 6. The number of anilines is 1. The quantitative estimate of drug-likeness (QED) is 0.728. The molecule has 3 aromatic rings. The van der Waals surface area contributed by atoms with E-state index in [0.29, 0.717) is 34.1 Å². The average molecular weight is 385 g/mol. The molecule has 1 fully saturated rings. The molecule has 1 N–H and O–H groups in total. The van der Waals surface area contributed by atoms with E-state index in [4.69, 9.17) is 8.94 Å². The lowest BCUT2D eigenvalue weighted by Gasteiger charge is -2.23. The second-order valence-corrected chi connectivity index (χ2v) is 7.64. The molecule has 1 aliphatic heterocycles. The van der Waals surface area contributed by atoms with Crippen molar-refractivity contribution in [3.05, 3.63) is 57.5 Å². The Morgan fingerprint density at radius 3 is 2.85 bits per heavy atom. The highest BCUT2D eigenvalue weighted by molar-refractivity contribution is 7.14. The van der Waals surface area contributed by atoms with Crippen molar-refractivity contribution >= 4 is 28.8 Å². The number of likely N-dealkylation sites (tertiary alicyclic amines) is 1. The van der Waals surface area contributed by atoms with Gasteiger partial charge in [0.2, 0.25) is 0 Å². The lowest BCUT2D eigenvalue weighted by atomic mass is 10.1. The van der Waals surface area contributed by atoms with Gasteiger partial charge in [-0.15, -0.1) is 11.3 Å². The van der Waals surface area contributed by atoms with Crippen LogP contribution in [0, 0.1) is 13.8 Å². The van der Waals surface area contributed by atoms with Crippen molar-refractivity contribution in [2.45, 2.75) is 32.7 Å². The molecule has 4 rings (SSSR count). The molecular weight excluding hydrogens is 366 g/mol. The van der Waals surface area contributed by atoms with Gasteiger partial charge in [-0.2, -0.15) is 0 Å². The van der Waals surface area contributed by atoms with Gasteiger partial charge in [0.1, 0.15) is 17.6 Å². The van der Waals surface area contributed by atoms with Crippen LogP contribution in [0.25, 0.3) is 0 Å². The third kappa shape index (κ3) is 3.28. The molecule has 0 spiro atoms. The number of nitrogens with zero attached hydrogens (tertiary/aromatic N) is 2. The number of carbonyl (C=O) groups excluding carboxylic acids is 2. The van der Waals surface area contributed by atoms with Gasteiger partial charge in [0.25, 0.3) is 11.8 Å². The molecule has 3 aromatic heterocycles. The highest BCUT2D eigenvalue weighted by Gasteiger charge is 2.32. The van der Waals surface area contributed by atoms with Crippen molar-refractivity contribution in [3.8, 4) is 0 Å². The van der Waals surface area contributed by atoms with Crippen molar-refractivity contribution in [2.24, 2.45) is 0 Å².